The summed E-state index contributed by atoms with van der Waals surface area (Å²) in [6, 6.07) is -0.403. The van der Waals surface area contributed by atoms with Gasteiger partial charge in [0.05, 0.1) is 12.2 Å². The number of piperidine rings is 1. The first-order valence-electron chi connectivity index (χ1n) is 6.05. The molecule has 0 aromatic carbocycles. The number of likely N-dealkylation sites (tertiary alicyclic amines) is 1. The second-order valence-corrected chi connectivity index (χ2v) is 4.71. The summed E-state index contributed by atoms with van der Waals surface area (Å²) in [4.78, 5) is 13.7. The maximum absolute atomic E-state index is 11.8. The van der Waals surface area contributed by atoms with Gasteiger partial charge < -0.3 is 10.6 Å². The largest absolute Gasteiger partial charge is 0.341 e. The number of aromatic nitrogens is 3. The van der Waals surface area contributed by atoms with Crippen LogP contribution in [0.1, 0.15) is 19.8 Å². The van der Waals surface area contributed by atoms with E-state index in [1.165, 1.54) is 0 Å². The van der Waals surface area contributed by atoms with Gasteiger partial charge in [-0.1, -0.05) is 5.21 Å². The van der Waals surface area contributed by atoms with Gasteiger partial charge in [0, 0.05) is 25.8 Å². The fraction of sp³-hybridized carbons (Fsp3) is 0.727. The van der Waals surface area contributed by atoms with Gasteiger partial charge in [-0.2, -0.15) is 0 Å². The highest BCUT2D eigenvalue weighted by Crippen LogP contribution is 2.18. The highest BCUT2D eigenvalue weighted by molar-refractivity contribution is 5.81. The molecule has 1 saturated heterocycles. The molecule has 1 aromatic rings. The third-order valence-corrected chi connectivity index (χ3v) is 3.14. The molecule has 1 aromatic heterocycles. The van der Waals surface area contributed by atoms with E-state index < -0.39 is 6.04 Å². The second-order valence-electron chi connectivity index (χ2n) is 4.71. The lowest BCUT2D eigenvalue weighted by atomic mass is 9.97. The van der Waals surface area contributed by atoms with Crippen LogP contribution in [0.15, 0.2) is 12.4 Å². The van der Waals surface area contributed by atoms with Crippen LogP contribution in [-0.2, 0) is 11.3 Å². The van der Waals surface area contributed by atoms with Crippen molar-refractivity contribution in [3.05, 3.63) is 12.4 Å². The highest BCUT2D eigenvalue weighted by Gasteiger charge is 2.25. The van der Waals surface area contributed by atoms with E-state index in [1.54, 1.807) is 13.1 Å². The van der Waals surface area contributed by atoms with Crippen LogP contribution in [0.4, 0.5) is 0 Å². The van der Waals surface area contributed by atoms with Crippen LogP contribution in [0, 0.1) is 5.92 Å². The molecule has 0 bridgehead atoms. The molecule has 1 fully saturated rings. The molecule has 2 heterocycles. The Balaban J connectivity index is 1.91. The zero-order valence-electron chi connectivity index (χ0n) is 10.1. The Kier molecular flexibility index (Phi) is 3.73. The van der Waals surface area contributed by atoms with Crippen molar-refractivity contribution in [2.75, 3.05) is 13.1 Å². The lowest BCUT2D eigenvalue weighted by Crippen LogP contribution is -2.47. The lowest BCUT2D eigenvalue weighted by molar-refractivity contribution is -0.134. The average molecular weight is 237 g/mol. The van der Waals surface area contributed by atoms with Gasteiger partial charge >= 0.3 is 0 Å². The summed E-state index contributed by atoms with van der Waals surface area (Å²) in [6.07, 6.45) is 5.69. The van der Waals surface area contributed by atoms with Crippen molar-refractivity contribution in [1.29, 1.82) is 0 Å². The van der Waals surface area contributed by atoms with Gasteiger partial charge in [0.1, 0.15) is 0 Å². The molecule has 6 heteroatoms. The standard InChI is InChI=1S/C11H19N5O/c1-9(12)11(17)15-5-2-3-10(7-15)8-16-6-4-13-14-16/h4,6,9-10H,2-3,5,7-8,12H2,1H3/t9-,10?/m1/s1. The van der Waals surface area contributed by atoms with E-state index in [9.17, 15) is 4.79 Å². The van der Waals surface area contributed by atoms with Crippen LogP contribution in [-0.4, -0.2) is 44.9 Å². The van der Waals surface area contributed by atoms with E-state index in [1.807, 2.05) is 15.8 Å². The monoisotopic (exact) mass is 237 g/mol. The molecule has 1 aliphatic heterocycles. The molecule has 2 N–H and O–H groups in total. The van der Waals surface area contributed by atoms with Crippen molar-refractivity contribution < 1.29 is 4.79 Å². The summed E-state index contributed by atoms with van der Waals surface area (Å²) in [7, 11) is 0. The molecular weight excluding hydrogens is 218 g/mol. The summed E-state index contributed by atoms with van der Waals surface area (Å²) in [5.41, 5.74) is 5.63. The molecule has 0 radical (unpaired) electrons. The Hall–Kier alpha value is -1.43. The van der Waals surface area contributed by atoms with Crippen molar-refractivity contribution in [3.8, 4) is 0 Å². The molecule has 0 saturated carbocycles. The Morgan fingerprint density at radius 3 is 3.12 bits per heavy atom. The molecule has 1 unspecified atom stereocenters. The summed E-state index contributed by atoms with van der Waals surface area (Å²) < 4.78 is 1.82. The number of nitrogens with zero attached hydrogens (tertiary/aromatic N) is 4. The van der Waals surface area contributed by atoms with E-state index in [4.69, 9.17) is 5.73 Å². The quantitative estimate of drug-likeness (QED) is 0.794. The predicted octanol–water partition coefficient (Wildman–Crippen LogP) is -0.136. The Labute approximate surface area is 101 Å². The number of carbonyl (C=O) groups excluding carboxylic acids is 1. The van der Waals surface area contributed by atoms with E-state index in [2.05, 4.69) is 10.3 Å². The van der Waals surface area contributed by atoms with E-state index in [0.29, 0.717) is 5.92 Å². The van der Waals surface area contributed by atoms with Gasteiger partial charge in [-0.15, -0.1) is 5.10 Å². The van der Waals surface area contributed by atoms with E-state index >= 15 is 0 Å². The second kappa shape index (κ2) is 5.27. The minimum atomic E-state index is -0.403. The SMILES string of the molecule is C[C@@H](N)C(=O)N1CCCC(Cn2ccnn2)C1. The Bertz CT molecular complexity index is 362. The molecule has 1 amide bonds. The molecular formula is C11H19N5O. The summed E-state index contributed by atoms with van der Waals surface area (Å²) in [6.45, 7) is 4.17. The molecule has 94 valence electrons. The molecule has 1 aliphatic rings. The molecule has 17 heavy (non-hydrogen) atoms. The van der Waals surface area contributed by atoms with Gasteiger partial charge in [0.2, 0.25) is 5.91 Å². The number of rotatable bonds is 3. The lowest BCUT2D eigenvalue weighted by Gasteiger charge is -2.33. The van der Waals surface area contributed by atoms with Gasteiger partial charge in [-0.05, 0) is 25.7 Å². The minimum Gasteiger partial charge on any atom is -0.341 e. The van der Waals surface area contributed by atoms with Crippen LogP contribution < -0.4 is 5.73 Å². The van der Waals surface area contributed by atoms with Gasteiger partial charge in [-0.25, -0.2) is 0 Å². The van der Waals surface area contributed by atoms with Crippen LogP contribution in [0.25, 0.3) is 0 Å². The highest BCUT2D eigenvalue weighted by atomic mass is 16.2. The first-order chi connectivity index (χ1) is 8.16. The van der Waals surface area contributed by atoms with Crippen molar-refractivity contribution >= 4 is 5.91 Å². The topological polar surface area (TPSA) is 77.0 Å². The number of carbonyl (C=O) groups is 1. The fourth-order valence-corrected chi connectivity index (χ4v) is 2.30. The zero-order valence-corrected chi connectivity index (χ0v) is 10.1. The van der Waals surface area contributed by atoms with Crippen LogP contribution in [0.2, 0.25) is 0 Å². The molecule has 2 rings (SSSR count). The minimum absolute atomic E-state index is 0.0493. The van der Waals surface area contributed by atoms with Crippen LogP contribution in [0.3, 0.4) is 0 Å². The van der Waals surface area contributed by atoms with Crippen molar-refractivity contribution in [3.63, 3.8) is 0 Å². The van der Waals surface area contributed by atoms with E-state index in [-0.39, 0.29) is 5.91 Å². The Morgan fingerprint density at radius 2 is 2.47 bits per heavy atom. The number of hydrogen-bond acceptors (Lipinski definition) is 4. The molecule has 0 aliphatic carbocycles. The fourth-order valence-electron chi connectivity index (χ4n) is 2.30. The van der Waals surface area contributed by atoms with Gasteiger partial charge in [-0.3, -0.25) is 9.48 Å². The molecule has 0 spiro atoms. The van der Waals surface area contributed by atoms with Crippen molar-refractivity contribution in [1.82, 2.24) is 19.9 Å². The zero-order chi connectivity index (χ0) is 12.3. The Morgan fingerprint density at radius 1 is 1.65 bits per heavy atom. The average Bonchev–Trinajstić information content (AvgIpc) is 2.81. The predicted molar refractivity (Wildman–Crippen MR) is 63.0 cm³/mol. The molecule has 6 nitrogen and oxygen atoms in total. The normalized spacial score (nSPS) is 22.5. The first-order valence-corrected chi connectivity index (χ1v) is 6.05. The number of nitrogens with two attached hydrogens (primary N) is 1. The number of hydrogen-bond donors (Lipinski definition) is 1. The van der Waals surface area contributed by atoms with Crippen LogP contribution in [0.5, 0.6) is 0 Å². The van der Waals surface area contributed by atoms with Crippen LogP contribution >= 0.6 is 0 Å². The first kappa shape index (κ1) is 12.0. The van der Waals surface area contributed by atoms with Crippen molar-refractivity contribution in [2.24, 2.45) is 11.7 Å². The third-order valence-electron chi connectivity index (χ3n) is 3.14. The van der Waals surface area contributed by atoms with Gasteiger partial charge in [0.25, 0.3) is 0 Å². The third kappa shape index (κ3) is 3.03. The summed E-state index contributed by atoms with van der Waals surface area (Å²) >= 11 is 0. The van der Waals surface area contributed by atoms with E-state index in [0.717, 1.165) is 32.5 Å². The number of amides is 1. The van der Waals surface area contributed by atoms with Crippen molar-refractivity contribution in [2.45, 2.75) is 32.4 Å². The molecule has 2 atom stereocenters. The summed E-state index contributed by atoms with van der Waals surface area (Å²) in [5.74, 6) is 0.501. The maximum Gasteiger partial charge on any atom is 0.239 e. The smallest absolute Gasteiger partial charge is 0.239 e. The summed E-state index contributed by atoms with van der Waals surface area (Å²) in [5, 5.41) is 7.74. The van der Waals surface area contributed by atoms with Gasteiger partial charge in [0.15, 0.2) is 0 Å². The maximum atomic E-state index is 11.8.